The molecule has 1 atom stereocenters. The zero-order valence-corrected chi connectivity index (χ0v) is 16.6. The molecule has 0 aliphatic carbocycles. The number of rotatable bonds is 5. The van der Waals surface area contributed by atoms with Crippen molar-refractivity contribution < 1.29 is 9.59 Å². The first kappa shape index (κ1) is 20.1. The summed E-state index contributed by atoms with van der Waals surface area (Å²) in [5.74, 6) is -1.09. The van der Waals surface area contributed by atoms with Gasteiger partial charge in [0.15, 0.2) is 0 Å². The second kappa shape index (κ2) is 9.06. The standard InChI is InChI=1S/C24H25N3O2/c1-3-17(2)21-11-7-8-12-22(21)26-23(28)24(29)27(19-9-5-4-6-10-19)20-15-13-18(25)14-16-20/h4-17H,3,25H2,1-2H3,(H,26,28). The maximum Gasteiger partial charge on any atom is 0.321 e. The minimum atomic E-state index is -0.693. The van der Waals surface area contributed by atoms with Gasteiger partial charge in [-0.1, -0.05) is 50.2 Å². The van der Waals surface area contributed by atoms with Crippen molar-refractivity contribution in [1.29, 1.82) is 0 Å². The Hall–Kier alpha value is -3.60. The van der Waals surface area contributed by atoms with E-state index in [4.69, 9.17) is 5.73 Å². The highest BCUT2D eigenvalue weighted by molar-refractivity contribution is 6.45. The van der Waals surface area contributed by atoms with Crippen LogP contribution in [0.25, 0.3) is 0 Å². The van der Waals surface area contributed by atoms with Crippen LogP contribution in [0, 0.1) is 0 Å². The van der Waals surface area contributed by atoms with E-state index in [-0.39, 0.29) is 5.92 Å². The van der Waals surface area contributed by atoms with Gasteiger partial charge in [-0.3, -0.25) is 14.5 Å². The number of hydrogen-bond donors (Lipinski definition) is 2. The van der Waals surface area contributed by atoms with Gasteiger partial charge in [0, 0.05) is 22.7 Å². The summed E-state index contributed by atoms with van der Waals surface area (Å²) in [7, 11) is 0. The van der Waals surface area contributed by atoms with Crippen molar-refractivity contribution in [2.45, 2.75) is 26.2 Å². The number of benzene rings is 3. The highest BCUT2D eigenvalue weighted by atomic mass is 16.2. The number of amides is 2. The lowest BCUT2D eigenvalue weighted by atomic mass is 9.97. The molecule has 3 rings (SSSR count). The van der Waals surface area contributed by atoms with Crippen molar-refractivity contribution in [1.82, 2.24) is 0 Å². The van der Waals surface area contributed by atoms with E-state index in [1.807, 2.05) is 42.5 Å². The highest BCUT2D eigenvalue weighted by Gasteiger charge is 2.26. The van der Waals surface area contributed by atoms with Crippen molar-refractivity contribution >= 4 is 34.6 Å². The van der Waals surface area contributed by atoms with Crippen LogP contribution in [0.5, 0.6) is 0 Å². The Morgan fingerprint density at radius 1 is 0.897 bits per heavy atom. The molecule has 0 aliphatic rings. The van der Waals surface area contributed by atoms with Crippen molar-refractivity contribution in [2.24, 2.45) is 0 Å². The molecule has 148 valence electrons. The van der Waals surface area contributed by atoms with Crippen molar-refractivity contribution in [3.63, 3.8) is 0 Å². The molecule has 2 amide bonds. The van der Waals surface area contributed by atoms with Gasteiger partial charge < -0.3 is 11.1 Å². The maximum atomic E-state index is 13.2. The van der Waals surface area contributed by atoms with E-state index in [0.717, 1.165) is 12.0 Å². The molecule has 5 heteroatoms. The first-order valence-electron chi connectivity index (χ1n) is 9.66. The fraction of sp³-hybridized carbons (Fsp3) is 0.167. The van der Waals surface area contributed by atoms with Gasteiger partial charge in [0.25, 0.3) is 0 Å². The average molecular weight is 387 g/mol. The predicted molar refractivity (Wildman–Crippen MR) is 118 cm³/mol. The zero-order chi connectivity index (χ0) is 20.8. The zero-order valence-electron chi connectivity index (χ0n) is 16.6. The normalized spacial score (nSPS) is 11.5. The summed E-state index contributed by atoms with van der Waals surface area (Å²) in [6, 6.07) is 23.5. The molecule has 5 nitrogen and oxygen atoms in total. The van der Waals surface area contributed by atoms with E-state index in [2.05, 4.69) is 19.2 Å². The fourth-order valence-electron chi connectivity index (χ4n) is 3.12. The Kier molecular flexibility index (Phi) is 6.29. The maximum absolute atomic E-state index is 13.2. The third kappa shape index (κ3) is 4.63. The Balaban J connectivity index is 1.93. The lowest BCUT2D eigenvalue weighted by Crippen LogP contribution is -2.37. The third-order valence-corrected chi connectivity index (χ3v) is 4.92. The third-order valence-electron chi connectivity index (χ3n) is 4.92. The van der Waals surface area contributed by atoms with Gasteiger partial charge >= 0.3 is 11.8 Å². The van der Waals surface area contributed by atoms with Crippen LogP contribution >= 0.6 is 0 Å². The SMILES string of the molecule is CCC(C)c1ccccc1NC(=O)C(=O)N(c1ccccc1)c1ccc(N)cc1. The summed E-state index contributed by atoms with van der Waals surface area (Å²) in [6.07, 6.45) is 0.933. The van der Waals surface area contributed by atoms with E-state index in [9.17, 15) is 9.59 Å². The van der Waals surface area contributed by atoms with Crippen LogP contribution in [0.15, 0.2) is 78.9 Å². The molecule has 0 saturated heterocycles. The molecule has 0 spiro atoms. The molecule has 0 radical (unpaired) electrons. The number of nitrogens with one attached hydrogen (secondary N) is 1. The van der Waals surface area contributed by atoms with Crippen LogP contribution < -0.4 is 16.0 Å². The number of nitrogens with two attached hydrogens (primary N) is 1. The molecule has 0 aliphatic heterocycles. The van der Waals surface area contributed by atoms with Crippen LogP contribution in [0.1, 0.15) is 31.7 Å². The van der Waals surface area contributed by atoms with Crippen LogP contribution in [-0.4, -0.2) is 11.8 Å². The van der Waals surface area contributed by atoms with Gasteiger partial charge in [-0.05, 0) is 60.4 Å². The largest absolute Gasteiger partial charge is 0.399 e. The van der Waals surface area contributed by atoms with Crippen LogP contribution in [-0.2, 0) is 9.59 Å². The van der Waals surface area contributed by atoms with Gasteiger partial charge in [0.2, 0.25) is 0 Å². The first-order valence-corrected chi connectivity index (χ1v) is 9.66. The van der Waals surface area contributed by atoms with Crippen molar-refractivity contribution in [2.75, 3.05) is 16.0 Å². The molecule has 1 unspecified atom stereocenters. The number of nitrogen functional groups attached to an aromatic ring is 1. The summed E-state index contributed by atoms with van der Waals surface area (Å²) in [5.41, 5.74) is 9.20. The molecule has 3 N–H and O–H groups in total. The molecule has 3 aromatic rings. The monoisotopic (exact) mass is 387 g/mol. The fourth-order valence-corrected chi connectivity index (χ4v) is 3.12. The molecule has 0 bridgehead atoms. The average Bonchev–Trinajstić information content (AvgIpc) is 2.75. The summed E-state index contributed by atoms with van der Waals surface area (Å²) < 4.78 is 0. The Morgan fingerprint density at radius 3 is 2.14 bits per heavy atom. The number of nitrogens with zero attached hydrogens (tertiary/aromatic N) is 1. The minimum absolute atomic E-state index is 0.268. The Bertz CT molecular complexity index is 985. The minimum Gasteiger partial charge on any atom is -0.399 e. The number of carbonyl (C=O) groups excluding carboxylic acids is 2. The van der Waals surface area contributed by atoms with Crippen LogP contribution in [0.2, 0.25) is 0 Å². The van der Waals surface area contributed by atoms with Crippen molar-refractivity contribution in [3.8, 4) is 0 Å². The number of anilines is 4. The van der Waals surface area contributed by atoms with Crippen molar-refractivity contribution in [3.05, 3.63) is 84.4 Å². The summed E-state index contributed by atoms with van der Waals surface area (Å²) in [5, 5.41) is 2.80. The first-order chi connectivity index (χ1) is 14.0. The summed E-state index contributed by atoms with van der Waals surface area (Å²) in [4.78, 5) is 27.5. The molecule has 0 saturated carbocycles. The van der Waals surface area contributed by atoms with E-state index in [1.54, 1.807) is 36.4 Å². The van der Waals surface area contributed by atoms with E-state index in [0.29, 0.717) is 22.7 Å². The van der Waals surface area contributed by atoms with Crippen LogP contribution in [0.4, 0.5) is 22.7 Å². The van der Waals surface area contributed by atoms with Crippen LogP contribution in [0.3, 0.4) is 0 Å². The van der Waals surface area contributed by atoms with Gasteiger partial charge in [-0.25, -0.2) is 0 Å². The Morgan fingerprint density at radius 2 is 1.48 bits per heavy atom. The smallest absolute Gasteiger partial charge is 0.321 e. The number of para-hydroxylation sites is 2. The molecule has 3 aromatic carbocycles. The van der Waals surface area contributed by atoms with E-state index < -0.39 is 11.8 Å². The molecule has 0 aromatic heterocycles. The van der Waals surface area contributed by atoms with E-state index in [1.165, 1.54) is 4.90 Å². The quantitative estimate of drug-likeness (QED) is 0.473. The highest BCUT2D eigenvalue weighted by Crippen LogP contribution is 2.29. The molecule has 29 heavy (non-hydrogen) atoms. The molecular formula is C24H25N3O2. The lowest BCUT2D eigenvalue weighted by molar-refractivity contribution is -0.134. The van der Waals surface area contributed by atoms with Gasteiger partial charge in [0.1, 0.15) is 0 Å². The number of carbonyl (C=O) groups is 2. The second-order valence-corrected chi connectivity index (χ2v) is 6.92. The molecular weight excluding hydrogens is 362 g/mol. The number of hydrogen-bond acceptors (Lipinski definition) is 3. The second-order valence-electron chi connectivity index (χ2n) is 6.92. The van der Waals surface area contributed by atoms with E-state index >= 15 is 0 Å². The van der Waals surface area contributed by atoms with Gasteiger partial charge in [-0.15, -0.1) is 0 Å². The predicted octanol–water partition coefficient (Wildman–Crippen LogP) is 5.09. The molecule has 0 heterocycles. The molecule has 0 fully saturated rings. The summed E-state index contributed by atoms with van der Waals surface area (Å²) >= 11 is 0. The topological polar surface area (TPSA) is 75.4 Å². The Labute approximate surface area is 171 Å². The van der Waals surface area contributed by atoms with Gasteiger partial charge in [-0.2, -0.15) is 0 Å². The lowest BCUT2D eigenvalue weighted by Gasteiger charge is -2.23. The summed E-state index contributed by atoms with van der Waals surface area (Å²) in [6.45, 7) is 4.18. The van der Waals surface area contributed by atoms with Gasteiger partial charge in [0.05, 0.1) is 0 Å².